The molecule has 22 heavy (non-hydrogen) atoms. The van der Waals surface area contributed by atoms with Gasteiger partial charge in [-0.1, -0.05) is 30.3 Å². The molecule has 0 spiro atoms. The summed E-state index contributed by atoms with van der Waals surface area (Å²) in [5, 5.41) is 4.05. The number of nitrogens with zero attached hydrogens (tertiary/aromatic N) is 2. The van der Waals surface area contributed by atoms with Crippen LogP contribution in [0.3, 0.4) is 0 Å². The maximum Gasteiger partial charge on any atom is 0.254 e. The first-order chi connectivity index (χ1) is 10.5. The Morgan fingerprint density at radius 3 is 2.59 bits per heavy atom. The number of hydrazone groups is 1. The molecule has 6 heteroatoms. The molecule has 1 amide bonds. The highest BCUT2D eigenvalue weighted by Crippen LogP contribution is 2.01. The molecule has 0 radical (unpaired) electrons. The van der Waals surface area contributed by atoms with Crippen molar-refractivity contribution in [3.8, 4) is 0 Å². The first kappa shape index (κ1) is 15.6. The number of amides is 1. The van der Waals surface area contributed by atoms with Gasteiger partial charge in [0, 0.05) is 11.3 Å². The van der Waals surface area contributed by atoms with Crippen LogP contribution in [0.2, 0.25) is 0 Å². The summed E-state index contributed by atoms with van der Waals surface area (Å²) in [7, 11) is 0. The minimum atomic E-state index is -0.352. The van der Waals surface area contributed by atoms with Gasteiger partial charge >= 0.3 is 0 Å². The van der Waals surface area contributed by atoms with Crippen LogP contribution in [0.15, 0.2) is 40.2 Å². The Hall–Kier alpha value is -2.76. The molecule has 0 unspecified atom stereocenters. The van der Waals surface area contributed by atoms with Crippen molar-refractivity contribution in [2.45, 2.75) is 27.2 Å². The van der Waals surface area contributed by atoms with Gasteiger partial charge in [0.05, 0.1) is 12.1 Å². The number of rotatable bonds is 4. The fraction of sp³-hybridized carbons (Fsp3) is 0.250. The van der Waals surface area contributed by atoms with E-state index in [0.717, 1.165) is 5.56 Å². The number of aryl methyl sites for hydroxylation is 2. The number of hydrogen-bond acceptors (Lipinski definition) is 4. The molecule has 2 aromatic rings. The maximum absolute atomic E-state index is 11.9. The molecule has 0 atom stereocenters. The summed E-state index contributed by atoms with van der Waals surface area (Å²) in [5.41, 5.74) is 4.71. The summed E-state index contributed by atoms with van der Waals surface area (Å²) in [5.74, 6) is 0.180. The van der Waals surface area contributed by atoms with Crippen LogP contribution in [0.5, 0.6) is 0 Å². The number of nitrogens with one attached hydrogen (secondary N) is 2. The minimum Gasteiger partial charge on any atom is -0.311 e. The number of aromatic nitrogens is 2. The number of aromatic amines is 1. The molecule has 0 bridgehead atoms. The van der Waals surface area contributed by atoms with Crippen molar-refractivity contribution in [1.82, 2.24) is 15.4 Å². The van der Waals surface area contributed by atoms with E-state index in [0.29, 0.717) is 22.8 Å². The molecule has 1 aromatic heterocycles. The molecular weight excluding hydrogens is 280 g/mol. The third kappa shape index (κ3) is 3.88. The van der Waals surface area contributed by atoms with Crippen molar-refractivity contribution in [2.24, 2.45) is 5.10 Å². The molecule has 1 heterocycles. The van der Waals surface area contributed by atoms with Gasteiger partial charge in [-0.15, -0.1) is 0 Å². The zero-order valence-corrected chi connectivity index (χ0v) is 12.8. The van der Waals surface area contributed by atoms with Gasteiger partial charge < -0.3 is 4.98 Å². The molecule has 2 N–H and O–H groups in total. The summed E-state index contributed by atoms with van der Waals surface area (Å²) in [6.07, 6.45) is -0.0555. The van der Waals surface area contributed by atoms with Crippen LogP contribution in [0.25, 0.3) is 0 Å². The predicted molar refractivity (Wildman–Crippen MR) is 84.8 cm³/mol. The third-order valence-electron chi connectivity index (χ3n) is 3.22. The van der Waals surface area contributed by atoms with Crippen LogP contribution in [-0.4, -0.2) is 21.6 Å². The Bertz CT molecular complexity index is 763. The summed E-state index contributed by atoms with van der Waals surface area (Å²) >= 11 is 0. The molecule has 6 nitrogen and oxygen atoms in total. The lowest BCUT2D eigenvalue weighted by atomic mass is 10.1. The largest absolute Gasteiger partial charge is 0.311 e. The van der Waals surface area contributed by atoms with Crippen LogP contribution in [-0.2, 0) is 11.2 Å². The van der Waals surface area contributed by atoms with Crippen LogP contribution in [0, 0.1) is 13.8 Å². The topological polar surface area (TPSA) is 87.2 Å². The molecular formula is C16H18N4O2. The van der Waals surface area contributed by atoms with Gasteiger partial charge in [-0.05, 0) is 26.3 Å². The van der Waals surface area contributed by atoms with Gasteiger partial charge in [-0.2, -0.15) is 5.10 Å². The Morgan fingerprint density at radius 2 is 1.95 bits per heavy atom. The van der Waals surface area contributed by atoms with E-state index in [-0.39, 0.29) is 17.9 Å². The van der Waals surface area contributed by atoms with E-state index < -0.39 is 0 Å². The first-order valence-electron chi connectivity index (χ1n) is 6.92. The van der Waals surface area contributed by atoms with Crippen molar-refractivity contribution in [2.75, 3.05) is 0 Å². The Morgan fingerprint density at radius 1 is 1.27 bits per heavy atom. The van der Waals surface area contributed by atoms with E-state index in [1.54, 1.807) is 20.8 Å². The van der Waals surface area contributed by atoms with Crippen LogP contribution < -0.4 is 11.0 Å². The lowest BCUT2D eigenvalue weighted by molar-refractivity contribution is -0.120. The van der Waals surface area contributed by atoms with Crippen LogP contribution >= 0.6 is 0 Å². The summed E-state index contributed by atoms with van der Waals surface area (Å²) in [4.78, 5) is 30.5. The van der Waals surface area contributed by atoms with E-state index >= 15 is 0 Å². The molecule has 114 valence electrons. The standard InChI is InChI=1S/C16H18N4O2/c1-10(13-7-5-4-6-8-13)19-20-15(21)9-14-11(2)17-12(3)18-16(14)22/h4-8H,9H2,1-3H3,(H,20,21)(H,17,18,22)/b19-10+. The number of carbonyl (C=O) groups is 1. The normalized spacial score (nSPS) is 11.3. The van der Waals surface area contributed by atoms with Gasteiger partial charge in [-0.25, -0.2) is 10.4 Å². The van der Waals surface area contributed by atoms with Crippen molar-refractivity contribution >= 4 is 11.6 Å². The number of hydrogen-bond donors (Lipinski definition) is 2. The number of H-pyrrole nitrogens is 1. The SMILES string of the molecule is C/C(=N\NC(=O)Cc1c(C)nc(C)[nH]c1=O)c1ccccc1. The fourth-order valence-electron chi connectivity index (χ4n) is 2.05. The van der Waals surface area contributed by atoms with Gasteiger partial charge in [0.25, 0.3) is 5.56 Å². The molecule has 0 aliphatic heterocycles. The van der Waals surface area contributed by atoms with Gasteiger partial charge in [0.2, 0.25) is 5.91 Å². The maximum atomic E-state index is 11.9. The van der Waals surface area contributed by atoms with E-state index in [2.05, 4.69) is 20.5 Å². The Balaban J connectivity index is 2.07. The van der Waals surface area contributed by atoms with Crippen molar-refractivity contribution < 1.29 is 4.79 Å². The highest BCUT2D eigenvalue weighted by atomic mass is 16.2. The van der Waals surface area contributed by atoms with Crippen LogP contribution in [0.4, 0.5) is 0 Å². The number of benzene rings is 1. The molecule has 1 aromatic carbocycles. The lowest BCUT2D eigenvalue weighted by Gasteiger charge is -2.05. The molecule has 0 saturated heterocycles. The third-order valence-corrected chi connectivity index (χ3v) is 3.22. The molecule has 2 rings (SSSR count). The predicted octanol–water partition coefficient (Wildman–Crippen LogP) is 1.47. The molecule has 0 fully saturated rings. The summed E-state index contributed by atoms with van der Waals surface area (Å²) < 4.78 is 0. The Kier molecular flexibility index (Phi) is 4.83. The zero-order chi connectivity index (χ0) is 16.1. The highest BCUT2D eigenvalue weighted by molar-refractivity contribution is 5.99. The lowest BCUT2D eigenvalue weighted by Crippen LogP contribution is -2.27. The van der Waals surface area contributed by atoms with E-state index in [4.69, 9.17) is 0 Å². The summed E-state index contributed by atoms with van der Waals surface area (Å²) in [6.45, 7) is 5.22. The van der Waals surface area contributed by atoms with Crippen molar-refractivity contribution in [3.63, 3.8) is 0 Å². The Labute approximate surface area is 128 Å². The molecule has 0 aliphatic carbocycles. The second-order valence-electron chi connectivity index (χ2n) is 4.99. The van der Waals surface area contributed by atoms with Gasteiger partial charge in [0.15, 0.2) is 0 Å². The van der Waals surface area contributed by atoms with E-state index in [1.807, 2.05) is 30.3 Å². The number of carbonyl (C=O) groups excluding carboxylic acids is 1. The van der Waals surface area contributed by atoms with E-state index in [1.165, 1.54) is 0 Å². The van der Waals surface area contributed by atoms with Crippen molar-refractivity contribution in [3.05, 3.63) is 63.3 Å². The first-order valence-corrected chi connectivity index (χ1v) is 6.92. The fourth-order valence-corrected chi connectivity index (χ4v) is 2.05. The van der Waals surface area contributed by atoms with Gasteiger partial charge in [0.1, 0.15) is 5.82 Å². The zero-order valence-electron chi connectivity index (χ0n) is 12.8. The minimum absolute atomic E-state index is 0.0555. The monoisotopic (exact) mass is 298 g/mol. The highest BCUT2D eigenvalue weighted by Gasteiger charge is 2.11. The van der Waals surface area contributed by atoms with E-state index in [9.17, 15) is 9.59 Å². The van der Waals surface area contributed by atoms with Gasteiger partial charge in [-0.3, -0.25) is 9.59 Å². The average Bonchev–Trinajstić information content (AvgIpc) is 2.49. The summed E-state index contributed by atoms with van der Waals surface area (Å²) in [6, 6.07) is 9.52. The molecule has 0 saturated carbocycles. The quantitative estimate of drug-likeness (QED) is 0.662. The second-order valence-corrected chi connectivity index (χ2v) is 4.99. The van der Waals surface area contributed by atoms with Crippen LogP contribution in [0.1, 0.15) is 29.6 Å². The molecule has 0 aliphatic rings. The smallest absolute Gasteiger partial charge is 0.254 e. The second kappa shape index (κ2) is 6.80. The average molecular weight is 298 g/mol. The van der Waals surface area contributed by atoms with Crippen molar-refractivity contribution in [1.29, 1.82) is 0 Å².